The number of amides is 2. The summed E-state index contributed by atoms with van der Waals surface area (Å²) in [5.74, 6) is -0.391. The lowest BCUT2D eigenvalue weighted by Crippen LogP contribution is -2.35. The van der Waals surface area contributed by atoms with Gasteiger partial charge in [0.25, 0.3) is 0 Å². The van der Waals surface area contributed by atoms with E-state index in [1.165, 1.54) is 12.0 Å². The number of nitrogens with zero attached hydrogens (tertiary/aromatic N) is 1. The van der Waals surface area contributed by atoms with Gasteiger partial charge in [-0.2, -0.15) is 0 Å². The van der Waals surface area contributed by atoms with Crippen molar-refractivity contribution < 1.29 is 28.7 Å². The van der Waals surface area contributed by atoms with E-state index in [-0.39, 0.29) is 49.0 Å². The Kier molecular flexibility index (Phi) is 4.91. The molecule has 0 spiro atoms. The molecule has 7 nitrogen and oxygen atoms in total. The summed E-state index contributed by atoms with van der Waals surface area (Å²) in [6, 6.07) is 6.59. The van der Waals surface area contributed by atoms with E-state index in [4.69, 9.17) is 9.47 Å². The van der Waals surface area contributed by atoms with E-state index in [1.54, 1.807) is 24.3 Å². The van der Waals surface area contributed by atoms with Gasteiger partial charge in [0.1, 0.15) is 5.75 Å². The maximum absolute atomic E-state index is 12.6. The van der Waals surface area contributed by atoms with Gasteiger partial charge < -0.3 is 9.47 Å². The molecule has 1 heterocycles. The minimum atomic E-state index is -0.600. The third kappa shape index (κ3) is 3.19. The van der Waals surface area contributed by atoms with E-state index >= 15 is 0 Å². The first kappa shape index (κ1) is 18.7. The van der Waals surface area contributed by atoms with Crippen LogP contribution in [0.2, 0.25) is 0 Å². The molecule has 0 unspecified atom stereocenters. The predicted molar refractivity (Wildman–Crippen MR) is 97.4 cm³/mol. The van der Waals surface area contributed by atoms with Crippen molar-refractivity contribution in [3.63, 3.8) is 0 Å². The van der Waals surface area contributed by atoms with Gasteiger partial charge in [0.15, 0.2) is 12.4 Å². The van der Waals surface area contributed by atoms with Crippen LogP contribution in [0.4, 0.5) is 0 Å². The Hall–Kier alpha value is -2.70. The minimum absolute atomic E-state index is 0.0241. The van der Waals surface area contributed by atoms with Crippen LogP contribution in [0.1, 0.15) is 36.0 Å². The molecule has 2 bridgehead atoms. The van der Waals surface area contributed by atoms with Crippen LogP contribution in [-0.2, 0) is 19.1 Å². The van der Waals surface area contributed by atoms with Gasteiger partial charge in [-0.1, -0.05) is 12.1 Å². The van der Waals surface area contributed by atoms with Crippen molar-refractivity contribution in [3.8, 4) is 5.75 Å². The predicted octanol–water partition coefficient (Wildman–Crippen LogP) is 1.84. The number of hydrogen-bond donors (Lipinski definition) is 0. The van der Waals surface area contributed by atoms with Gasteiger partial charge in [-0.05, 0) is 43.2 Å². The van der Waals surface area contributed by atoms with Gasteiger partial charge in [-0.25, -0.2) is 0 Å². The lowest BCUT2D eigenvalue weighted by Gasteiger charge is -2.19. The van der Waals surface area contributed by atoms with Crippen molar-refractivity contribution in [2.45, 2.75) is 25.7 Å². The van der Waals surface area contributed by atoms with Crippen LogP contribution in [0.15, 0.2) is 24.3 Å². The number of ether oxygens (including phenoxy) is 2. The molecule has 148 valence electrons. The molecule has 4 rings (SSSR count). The fourth-order valence-corrected chi connectivity index (χ4v) is 4.99. The number of carbonyl (C=O) groups excluding carboxylic acids is 4. The number of fused-ring (bicyclic) bond motifs is 5. The van der Waals surface area contributed by atoms with Crippen molar-refractivity contribution in [1.82, 2.24) is 4.90 Å². The molecule has 2 saturated carbocycles. The largest absolute Gasteiger partial charge is 0.497 e. The van der Waals surface area contributed by atoms with Gasteiger partial charge in [-0.15, -0.1) is 0 Å². The summed E-state index contributed by atoms with van der Waals surface area (Å²) >= 11 is 0. The highest BCUT2D eigenvalue weighted by molar-refractivity contribution is 6.06. The molecule has 2 amide bonds. The van der Waals surface area contributed by atoms with Crippen molar-refractivity contribution in [1.29, 1.82) is 0 Å². The molecule has 28 heavy (non-hydrogen) atoms. The van der Waals surface area contributed by atoms with E-state index in [9.17, 15) is 19.2 Å². The number of benzene rings is 1. The fraction of sp³-hybridized carbons (Fsp3) is 0.524. The van der Waals surface area contributed by atoms with Crippen molar-refractivity contribution in [2.75, 3.05) is 20.3 Å². The maximum atomic E-state index is 12.6. The van der Waals surface area contributed by atoms with Gasteiger partial charge in [0, 0.05) is 12.1 Å². The number of imide groups is 1. The first-order chi connectivity index (χ1) is 13.5. The number of likely N-dealkylation sites (tertiary alicyclic amines) is 1. The standard InChI is InChI=1S/C21H23NO6/c1-27-15-4-2-3-12(10-15)16(23)11-28-17(24)7-8-22-20(25)18-13-5-6-14(9-13)19(18)21(22)26/h2-4,10,13-14,18-19H,5-9,11H2,1H3/t13-,14-,18-,19-/m0/s1. The minimum Gasteiger partial charge on any atom is -0.497 e. The van der Waals surface area contributed by atoms with Crippen LogP contribution in [0.5, 0.6) is 5.75 Å². The van der Waals surface area contributed by atoms with Gasteiger partial charge in [0.2, 0.25) is 11.8 Å². The molecule has 1 aromatic carbocycles. The highest BCUT2D eigenvalue weighted by Crippen LogP contribution is 2.56. The Bertz CT molecular complexity index is 806. The molecule has 1 aromatic rings. The van der Waals surface area contributed by atoms with Crippen LogP contribution >= 0.6 is 0 Å². The van der Waals surface area contributed by atoms with E-state index in [0.717, 1.165) is 19.3 Å². The highest BCUT2D eigenvalue weighted by atomic mass is 16.5. The monoisotopic (exact) mass is 385 g/mol. The number of hydrogen-bond acceptors (Lipinski definition) is 6. The Balaban J connectivity index is 1.27. The quantitative estimate of drug-likeness (QED) is 0.404. The Morgan fingerprint density at radius 1 is 1.11 bits per heavy atom. The Labute approximate surface area is 163 Å². The van der Waals surface area contributed by atoms with E-state index in [2.05, 4.69) is 0 Å². The highest BCUT2D eigenvalue weighted by Gasteiger charge is 2.60. The summed E-state index contributed by atoms with van der Waals surface area (Å²) in [6.45, 7) is -0.362. The fourth-order valence-electron chi connectivity index (χ4n) is 4.99. The molecule has 4 atom stereocenters. The summed E-state index contributed by atoms with van der Waals surface area (Å²) < 4.78 is 10.1. The van der Waals surface area contributed by atoms with Crippen LogP contribution in [0, 0.1) is 23.7 Å². The zero-order valence-electron chi connectivity index (χ0n) is 15.8. The zero-order valence-corrected chi connectivity index (χ0v) is 15.8. The molecule has 0 radical (unpaired) electrons. The van der Waals surface area contributed by atoms with Gasteiger partial charge in [-0.3, -0.25) is 24.1 Å². The first-order valence-corrected chi connectivity index (χ1v) is 9.67. The SMILES string of the molecule is COc1cccc(C(=O)COC(=O)CCN2C(=O)[C@H]3[C@H]4CC[C@@H](C4)[C@@H]3C2=O)c1. The summed E-state index contributed by atoms with van der Waals surface area (Å²) in [4.78, 5) is 50.6. The van der Waals surface area contributed by atoms with Crippen LogP contribution in [0.3, 0.4) is 0 Å². The molecule has 0 aromatic heterocycles. The average molecular weight is 385 g/mol. The Morgan fingerprint density at radius 2 is 1.79 bits per heavy atom. The molecule has 0 N–H and O–H groups in total. The second-order valence-electron chi connectivity index (χ2n) is 7.78. The van der Waals surface area contributed by atoms with Crippen LogP contribution in [0.25, 0.3) is 0 Å². The van der Waals surface area contributed by atoms with E-state index < -0.39 is 5.97 Å². The molecule has 1 aliphatic heterocycles. The zero-order chi connectivity index (χ0) is 19.8. The number of ketones is 1. The molecule has 3 fully saturated rings. The van der Waals surface area contributed by atoms with Crippen molar-refractivity contribution in [3.05, 3.63) is 29.8 Å². The third-order valence-corrected chi connectivity index (χ3v) is 6.31. The average Bonchev–Trinajstić information content (AvgIpc) is 3.39. The van der Waals surface area contributed by atoms with Crippen molar-refractivity contribution in [2.24, 2.45) is 23.7 Å². The lowest BCUT2D eigenvalue weighted by atomic mass is 9.81. The summed E-state index contributed by atoms with van der Waals surface area (Å²) in [5.41, 5.74) is 0.389. The number of methoxy groups -OCH3 is 1. The van der Waals surface area contributed by atoms with Crippen LogP contribution in [-0.4, -0.2) is 48.7 Å². The molecule has 3 aliphatic rings. The lowest BCUT2D eigenvalue weighted by molar-refractivity contribution is -0.145. The number of carbonyl (C=O) groups is 4. The summed E-state index contributed by atoms with van der Waals surface area (Å²) in [5, 5.41) is 0. The molecular weight excluding hydrogens is 362 g/mol. The van der Waals surface area contributed by atoms with E-state index in [0.29, 0.717) is 23.1 Å². The van der Waals surface area contributed by atoms with Gasteiger partial charge in [0.05, 0.1) is 25.4 Å². The normalized spacial score (nSPS) is 27.8. The third-order valence-electron chi connectivity index (χ3n) is 6.31. The number of rotatable bonds is 7. The Morgan fingerprint density at radius 3 is 2.43 bits per heavy atom. The second-order valence-corrected chi connectivity index (χ2v) is 7.78. The summed E-state index contributed by atoms with van der Waals surface area (Å²) in [7, 11) is 1.50. The van der Waals surface area contributed by atoms with Crippen LogP contribution < -0.4 is 4.74 Å². The molecule has 1 saturated heterocycles. The van der Waals surface area contributed by atoms with E-state index in [1.807, 2.05) is 0 Å². The summed E-state index contributed by atoms with van der Waals surface area (Å²) in [6.07, 6.45) is 2.92. The molecule has 2 aliphatic carbocycles. The smallest absolute Gasteiger partial charge is 0.308 e. The molecule has 7 heteroatoms. The number of esters is 1. The maximum Gasteiger partial charge on any atom is 0.308 e. The van der Waals surface area contributed by atoms with Gasteiger partial charge >= 0.3 is 5.97 Å². The first-order valence-electron chi connectivity index (χ1n) is 9.67. The topological polar surface area (TPSA) is 90.0 Å². The molecular formula is C21H23NO6. The van der Waals surface area contributed by atoms with Crippen molar-refractivity contribution >= 4 is 23.6 Å². The second kappa shape index (κ2) is 7.37. The number of Topliss-reactive ketones (excluding diaryl/α,β-unsaturated/α-hetero) is 1.